The van der Waals surface area contributed by atoms with Crippen molar-refractivity contribution >= 4 is 0 Å². The maximum atomic E-state index is 9.91. The van der Waals surface area contributed by atoms with E-state index >= 15 is 0 Å². The number of hydrogen-bond donors (Lipinski definition) is 1. The average molecular weight is 203 g/mol. The lowest BCUT2D eigenvalue weighted by molar-refractivity contribution is -0.124. The zero-order chi connectivity index (χ0) is 10.5. The number of nitrogens with zero attached hydrogens (tertiary/aromatic N) is 1. The lowest BCUT2D eigenvalue weighted by atomic mass is 10.0. The summed E-state index contributed by atoms with van der Waals surface area (Å²) in [7, 11) is 0. The van der Waals surface area contributed by atoms with Gasteiger partial charge in [-0.3, -0.25) is 0 Å². The summed E-state index contributed by atoms with van der Waals surface area (Å²) in [6, 6.07) is 10.3. The monoisotopic (exact) mass is 203 g/mol. The van der Waals surface area contributed by atoms with E-state index < -0.39 is 0 Å². The molecule has 1 aliphatic rings. The Morgan fingerprint density at radius 3 is 2.73 bits per heavy atom. The first-order valence-electron chi connectivity index (χ1n) is 5.52. The molecule has 0 fully saturated rings. The standard InChI is InChI=1S/C13H17NO/c15-14(13-9-5-2-6-10-13)11-12-7-3-1-4-8-12/h1,3-5,7-9,13,15H,2,6,10-11H2. The van der Waals surface area contributed by atoms with Crippen LogP contribution in [0.1, 0.15) is 24.8 Å². The highest BCUT2D eigenvalue weighted by molar-refractivity contribution is 5.14. The molecule has 0 spiro atoms. The van der Waals surface area contributed by atoms with Crippen LogP contribution >= 0.6 is 0 Å². The second-order valence-electron chi connectivity index (χ2n) is 4.01. The number of allylic oxidation sites excluding steroid dienone is 1. The first-order valence-corrected chi connectivity index (χ1v) is 5.52. The summed E-state index contributed by atoms with van der Waals surface area (Å²) >= 11 is 0. The van der Waals surface area contributed by atoms with Crippen LogP contribution in [0.25, 0.3) is 0 Å². The molecule has 0 saturated carbocycles. The fraction of sp³-hybridized carbons (Fsp3) is 0.385. The van der Waals surface area contributed by atoms with Crippen molar-refractivity contribution in [1.29, 1.82) is 0 Å². The molecule has 1 aromatic carbocycles. The van der Waals surface area contributed by atoms with E-state index in [1.54, 1.807) is 0 Å². The highest BCUT2D eigenvalue weighted by atomic mass is 16.5. The predicted molar refractivity (Wildman–Crippen MR) is 60.6 cm³/mol. The summed E-state index contributed by atoms with van der Waals surface area (Å²) in [5, 5.41) is 11.3. The normalized spacial score (nSPS) is 20.8. The molecule has 1 atom stereocenters. The van der Waals surface area contributed by atoms with E-state index in [4.69, 9.17) is 0 Å². The minimum Gasteiger partial charge on any atom is -0.313 e. The number of rotatable bonds is 3. The van der Waals surface area contributed by atoms with Crippen LogP contribution in [0.3, 0.4) is 0 Å². The van der Waals surface area contributed by atoms with Crippen molar-refractivity contribution in [2.24, 2.45) is 0 Å². The molecular formula is C13H17NO. The second kappa shape index (κ2) is 5.10. The van der Waals surface area contributed by atoms with Crippen LogP contribution in [0.5, 0.6) is 0 Å². The molecule has 0 amide bonds. The van der Waals surface area contributed by atoms with E-state index in [-0.39, 0.29) is 6.04 Å². The molecule has 2 nitrogen and oxygen atoms in total. The van der Waals surface area contributed by atoms with Crippen LogP contribution in [0.4, 0.5) is 0 Å². The van der Waals surface area contributed by atoms with Gasteiger partial charge in [0.15, 0.2) is 0 Å². The summed E-state index contributed by atoms with van der Waals surface area (Å²) in [5.74, 6) is 0. The highest BCUT2D eigenvalue weighted by Crippen LogP contribution is 2.16. The molecule has 80 valence electrons. The van der Waals surface area contributed by atoms with Crippen LogP contribution in [-0.2, 0) is 6.54 Å². The van der Waals surface area contributed by atoms with Crippen LogP contribution in [0, 0.1) is 0 Å². The Labute approximate surface area is 90.8 Å². The lowest BCUT2D eigenvalue weighted by Crippen LogP contribution is -2.31. The minimum absolute atomic E-state index is 0.193. The average Bonchev–Trinajstić information content (AvgIpc) is 2.31. The Hall–Kier alpha value is -1.12. The van der Waals surface area contributed by atoms with Crippen molar-refractivity contribution in [2.45, 2.75) is 31.8 Å². The summed E-state index contributed by atoms with van der Waals surface area (Å²) in [6.07, 6.45) is 7.64. The topological polar surface area (TPSA) is 23.5 Å². The number of hydrogen-bond acceptors (Lipinski definition) is 2. The van der Waals surface area contributed by atoms with Crippen molar-refractivity contribution in [3.63, 3.8) is 0 Å². The van der Waals surface area contributed by atoms with E-state index in [1.807, 2.05) is 30.3 Å². The Balaban J connectivity index is 1.94. The van der Waals surface area contributed by atoms with Gasteiger partial charge in [0.2, 0.25) is 0 Å². The third-order valence-corrected chi connectivity index (χ3v) is 2.80. The Bertz CT molecular complexity index is 321. The van der Waals surface area contributed by atoms with Gasteiger partial charge in [0.05, 0.1) is 6.04 Å². The van der Waals surface area contributed by atoms with Crippen LogP contribution < -0.4 is 0 Å². The van der Waals surface area contributed by atoms with E-state index in [2.05, 4.69) is 12.2 Å². The van der Waals surface area contributed by atoms with Gasteiger partial charge in [0, 0.05) is 6.54 Å². The fourth-order valence-electron chi connectivity index (χ4n) is 1.93. The Kier molecular flexibility index (Phi) is 3.54. The van der Waals surface area contributed by atoms with Crippen molar-refractivity contribution in [3.8, 4) is 0 Å². The van der Waals surface area contributed by atoms with Crippen molar-refractivity contribution in [1.82, 2.24) is 5.06 Å². The summed E-state index contributed by atoms with van der Waals surface area (Å²) in [6.45, 7) is 0.607. The molecule has 2 rings (SSSR count). The van der Waals surface area contributed by atoms with Crippen LogP contribution in [0.15, 0.2) is 42.5 Å². The van der Waals surface area contributed by atoms with Crippen molar-refractivity contribution in [3.05, 3.63) is 48.0 Å². The molecule has 0 aliphatic heterocycles. The van der Waals surface area contributed by atoms with Gasteiger partial charge in [-0.1, -0.05) is 42.5 Å². The number of hydroxylamine groups is 2. The molecule has 0 radical (unpaired) electrons. The predicted octanol–water partition coefficient (Wildman–Crippen LogP) is 2.99. The SMILES string of the molecule is ON(Cc1ccccc1)C1C=CCCC1. The zero-order valence-corrected chi connectivity index (χ0v) is 8.84. The zero-order valence-electron chi connectivity index (χ0n) is 8.84. The fourth-order valence-corrected chi connectivity index (χ4v) is 1.93. The molecule has 1 aliphatic carbocycles. The molecule has 2 heteroatoms. The van der Waals surface area contributed by atoms with Crippen molar-refractivity contribution < 1.29 is 5.21 Å². The molecular weight excluding hydrogens is 186 g/mol. The van der Waals surface area contributed by atoms with Gasteiger partial charge in [-0.15, -0.1) is 0 Å². The maximum Gasteiger partial charge on any atom is 0.0534 e. The smallest absolute Gasteiger partial charge is 0.0534 e. The third kappa shape index (κ3) is 2.91. The van der Waals surface area contributed by atoms with Gasteiger partial charge >= 0.3 is 0 Å². The van der Waals surface area contributed by atoms with Gasteiger partial charge < -0.3 is 5.21 Å². The van der Waals surface area contributed by atoms with Crippen LogP contribution in [0.2, 0.25) is 0 Å². The first-order chi connectivity index (χ1) is 7.36. The Morgan fingerprint density at radius 1 is 1.27 bits per heavy atom. The maximum absolute atomic E-state index is 9.91. The molecule has 0 heterocycles. The summed E-state index contributed by atoms with van der Waals surface area (Å²) in [4.78, 5) is 0. The van der Waals surface area contributed by atoms with Crippen LogP contribution in [-0.4, -0.2) is 16.3 Å². The van der Waals surface area contributed by atoms with Gasteiger partial charge in [0.25, 0.3) is 0 Å². The minimum atomic E-state index is 0.193. The van der Waals surface area contributed by atoms with Crippen molar-refractivity contribution in [2.75, 3.05) is 0 Å². The molecule has 1 unspecified atom stereocenters. The molecule has 15 heavy (non-hydrogen) atoms. The quantitative estimate of drug-likeness (QED) is 0.603. The second-order valence-corrected chi connectivity index (χ2v) is 4.01. The molecule has 0 bridgehead atoms. The van der Waals surface area contributed by atoms with E-state index in [0.29, 0.717) is 6.54 Å². The highest BCUT2D eigenvalue weighted by Gasteiger charge is 2.15. The van der Waals surface area contributed by atoms with Gasteiger partial charge in [0.1, 0.15) is 0 Å². The molecule has 1 aromatic rings. The lowest BCUT2D eigenvalue weighted by Gasteiger charge is -2.25. The largest absolute Gasteiger partial charge is 0.313 e. The summed E-state index contributed by atoms with van der Waals surface area (Å²) in [5.41, 5.74) is 1.15. The van der Waals surface area contributed by atoms with E-state index in [0.717, 1.165) is 18.4 Å². The van der Waals surface area contributed by atoms with E-state index in [9.17, 15) is 5.21 Å². The van der Waals surface area contributed by atoms with E-state index in [1.165, 1.54) is 11.5 Å². The van der Waals surface area contributed by atoms with Gasteiger partial charge in [-0.25, -0.2) is 0 Å². The first kappa shape index (κ1) is 10.4. The summed E-state index contributed by atoms with van der Waals surface area (Å²) < 4.78 is 0. The number of benzene rings is 1. The van der Waals surface area contributed by atoms with Gasteiger partial charge in [-0.2, -0.15) is 5.06 Å². The Morgan fingerprint density at radius 2 is 2.07 bits per heavy atom. The molecule has 0 aromatic heterocycles. The molecule has 0 saturated heterocycles. The van der Waals surface area contributed by atoms with Gasteiger partial charge in [-0.05, 0) is 24.8 Å². The third-order valence-electron chi connectivity index (χ3n) is 2.80. The molecule has 1 N–H and O–H groups in total.